The van der Waals surface area contributed by atoms with Crippen LogP contribution in [0.15, 0.2) is 36.4 Å². The largest absolute Gasteiger partial charge is 0.368 e. The maximum atomic E-state index is 5.62. The van der Waals surface area contributed by atoms with Gasteiger partial charge in [-0.3, -0.25) is 0 Å². The molecule has 1 aromatic heterocycles. The third-order valence-electron chi connectivity index (χ3n) is 2.53. The van der Waals surface area contributed by atoms with Crippen molar-refractivity contribution in [3.63, 3.8) is 0 Å². The van der Waals surface area contributed by atoms with Crippen LogP contribution in [0, 0.1) is 0 Å². The molecule has 1 aromatic carbocycles. The minimum Gasteiger partial charge on any atom is -0.368 e. The lowest BCUT2D eigenvalue weighted by molar-refractivity contribution is 0.894. The summed E-state index contributed by atoms with van der Waals surface area (Å²) in [4.78, 5) is 10.1. The van der Waals surface area contributed by atoms with E-state index in [4.69, 9.17) is 11.6 Å². The molecule has 94 valence electrons. The molecule has 0 saturated heterocycles. The van der Waals surface area contributed by atoms with Crippen molar-refractivity contribution < 1.29 is 0 Å². The van der Waals surface area contributed by atoms with Crippen LogP contribution in [0.4, 0.5) is 17.6 Å². The van der Waals surface area contributed by atoms with E-state index in [1.54, 1.807) is 6.07 Å². The van der Waals surface area contributed by atoms with E-state index in [1.165, 1.54) is 5.56 Å². The quantitative estimate of drug-likeness (QED) is 0.548. The number of hydrazine groups is 1. The number of nitrogens with two attached hydrogens (primary N) is 2. The van der Waals surface area contributed by atoms with E-state index in [0.29, 0.717) is 5.82 Å². The highest BCUT2D eigenvalue weighted by Gasteiger charge is 2.07. The molecular formula is C12H16N6. The molecule has 0 fully saturated rings. The average molecular weight is 244 g/mol. The van der Waals surface area contributed by atoms with Gasteiger partial charge in [0, 0.05) is 19.7 Å². The molecule has 0 atom stereocenters. The second kappa shape index (κ2) is 5.33. The smallest absolute Gasteiger partial charge is 0.223 e. The summed E-state index contributed by atoms with van der Waals surface area (Å²) < 4.78 is 0. The van der Waals surface area contributed by atoms with Crippen molar-refractivity contribution in [2.45, 2.75) is 6.54 Å². The van der Waals surface area contributed by atoms with Gasteiger partial charge in [-0.2, -0.15) is 9.97 Å². The Labute approximate surface area is 106 Å². The number of nitrogen functional groups attached to an aromatic ring is 2. The Hall–Kier alpha value is -2.34. The molecule has 1 heterocycles. The number of nitrogens with one attached hydrogen (secondary N) is 1. The van der Waals surface area contributed by atoms with E-state index in [-0.39, 0.29) is 5.95 Å². The zero-order valence-corrected chi connectivity index (χ0v) is 10.2. The summed E-state index contributed by atoms with van der Waals surface area (Å²) in [7, 11) is 1.94. The topological polar surface area (TPSA) is 93.1 Å². The standard InChI is InChI=1S/C12H16N6/c1-18(8-9-5-3-2-4-6-9)11-7-10(17-14)15-12(13)16-11/h2-7H,8,14H2,1H3,(H3,13,15,16,17). The predicted molar refractivity (Wildman–Crippen MR) is 72.8 cm³/mol. The van der Waals surface area contributed by atoms with Crippen molar-refractivity contribution in [1.29, 1.82) is 0 Å². The third kappa shape index (κ3) is 2.86. The molecular weight excluding hydrogens is 228 g/mol. The Balaban J connectivity index is 2.18. The van der Waals surface area contributed by atoms with Gasteiger partial charge in [0.25, 0.3) is 0 Å². The van der Waals surface area contributed by atoms with Crippen molar-refractivity contribution in [2.24, 2.45) is 5.84 Å². The Morgan fingerprint density at radius 2 is 1.94 bits per heavy atom. The van der Waals surface area contributed by atoms with Gasteiger partial charge in [0.1, 0.15) is 11.6 Å². The monoisotopic (exact) mass is 244 g/mol. The molecule has 0 radical (unpaired) electrons. The summed E-state index contributed by atoms with van der Waals surface area (Å²) in [5.74, 6) is 6.74. The average Bonchev–Trinajstić information content (AvgIpc) is 2.39. The van der Waals surface area contributed by atoms with Crippen molar-refractivity contribution in [3.05, 3.63) is 42.0 Å². The Bertz CT molecular complexity index is 513. The van der Waals surface area contributed by atoms with Crippen molar-refractivity contribution >= 4 is 17.6 Å². The van der Waals surface area contributed by atoms with Crippen LogP contribution in [0.1, 0.15) is 5.56 Å². The van der Waals surface area contributed by atoms with Crippen LogP contribution < -0.4 is 21.9 Å². The highest BCUT2D eigenvalue weighted by molar-refractivity contribution is 5.51. The van der Waals surface area contributed by atoms with E-state index >= 15 is 0 Å². The fourth-order valence-electron chi connectivity index (χ4n) is 1.66. The second-order valence-corrected chi connectivity index (χ2v) is 3.96. The Kier molecular flexibility index (Phi) is 3.59. The summed E-state index contributed by atoms with van der Waals surface area (Å²) in [5.41, 5.74) is 9.28. The van der Waals surface area contributed by atoms with Crippen LogP contribution in [0.25, 0.3) is 0 Å². The van der Waals surface area contributed by atoms with E-state index in [2.05, 4.69) is 27.5 Å². The van der Waals surface area contributed by atoms with Gasteiger partial charge in [-0.15, -0.1) is 0 Å². The van der Waals surface area contributed by atoms with E-state index in [0.717, 1.165) is 12.4 Å². The van der Waals surface area contributed by atoms with Crippen LogP contribution >= 0.6 is 0 Å². The van der Waals surface area contributed by atoms with Gasteiger partial charge in [-0.1, -0.05) is 30.3 Å². The van der Waals surface area contributed by atoms with Crippen LogP contribution in [0.5, 0.6) is 0 Å². The first kappa shape index (κ1) is 12.1. The van der Waals surface area contributed by atoms with Crippen LogP contribution in [-0.4, -0.2) is 17.0 Å². The lowest BCUT2D eigenvalue weighted by Crippen LogP contribution is -2.19. The molecule has 2 aromatic rings. The summed E-state index contributed by atoms with van der Waals surface area (Å²) in [6.07, 6.45) is 0. The molecule has 6 heteroatoms. The highest BCUT2D eigenvalue weighted by atomic mass is 15.3. The summed E-state index contributed by atoms with van der Waals surface area (Å²) in [6, 6.07) is 11.9. The van der Waals surface area contributed by atoms with Crippen molar-refractivity contribution in [2.75, 3.05) is 23.1 Å². The number of rotatable bonds is 4. The normalized spacial score (nSPS) is 10.1. The van der Waals surface area contributed by atoms with Gasteiger partial charge >= 0.3 is 0 Å². The Morgan fingerprint density at radius 1 is 1.22 bits per heavy atom. The first-order valence-electron chi connectivity index (χ1n) is 5.55. The number of benzene rings is 1. The SMILES string of the molecule is CN(Cc1ccccc1)c1cc(NN)nc(N)n1. The van der Waals surface area contributed by atoms with Gasteiger partial charge in [0.15, 0.2) is 0 Å². The molecule has 6 nitrogen and oxygen atoms in total. The summed E-state index contributed by atoms with van der Waals surface area (Å²) >= 11 is 0. The molecule has 0 aliphatic rings. The second-order valence-electron chi connectivity index (χ2n) is 3.96. The minimum absolute atomic E-state index is 0.195. The molecule has 0 bridgehead atoms. The molecule has 0 aliphatic carbocycles. The summed E-state index contributed by atoms with van der Waals surface area (Å²) in [5, 5.41) is 0. The van der Waals surface area contributed by atoms with Crippen LogP contribution in [0.3, 0.4) is 0 Å². The predicted octanol–water partition coefficient (Wildman–Crippen LogP) is 0.981. The number of hydrogen-bond acceptors (Lipinski definition) is 6. The minimum atomic E-state index is 0.195. The summed E-state index contributed by atoms with van der Waals surface area (Å²) in [6.45, 7) is 0.737. The first-order valence-corrected chi connectivity index (χ1v) is 5.55. The molecule has 0 spiro atoms. The molecule has 2 rings (SSSR count). The maximum absolute atomic E-state index is 5.62. The van der Waals surface area contributed by atoms with E-state index < -0.39 is 0 Å². The molecule has 0 aliphatic heterocycles. The van der Waals surface area contributed by atoms with Crippen LogP contribution in [0.2, 0.25) is 0 Å². The first-order chi connectivity index (χ1) is 8.69. The van der Waals surface area contributed by atoms with Gasteiger partial charge in [0.05, 0.1) is 0 Å². The van der Waals surface area contributed by atoms with E-state index in [9.17, 15) is 0 Å². The zero-order valence-electron chi connectivity index (χ0n) is 10.2. The van der Waals surface area contributed by atoms with Gasteiger partial charge in [0.2, 0.25) is 5.95 Å². The lowest BCUT2D eigenvalue weighted by Gasteiger charge is -2.19. The fraction of sp³-hybridized carbons (Fsp3) is 0.167. The van der Waals surface area contributed by atoms with E-state index in [1.807, 2.05) is 30.1 Å². The molecule has 18 heavy (non-hydrogen) atoms. The zero-order chi connectivity index (χ0) is 13.0. The lowest BCUT2D eigenvalue weighted by atomic mass is 10.2. The van der Waals surface area contributed by atoms with Gasteiger partial charge < -0.3 is 16.1 Å². The number of nitrogens with zero attached hydrogens (tertiary/aromatic N) is 3. The fourth-order valence-corrected chi connectivity index (χ4v) is 1.66. The van der Waals surface area contributed by atoms with Crippen molar-refractivity contribution in [1.82, 2.24) is 9.97 Å². The molecule has 5 N–H and O–H groups in total. The van der Waals surface area contributed by atoms with Gasteiger partial charge in [-0.25, -0.2) is 5.84 Å². The highest BCUT2D eigenvalue weighted by Crippen LogP contribution is 2.17. The number of aromatic nitrogens is 2. The third-order valence-corrected chi connectivity index (χ3v) is 2.53. The van der Waals surface area contributed by atoms with Gasteiger partial charge in [-0.05, 0) is 5.56 Å². The molecule has 0 saturated carbocycles. The number of hydrogen-bond donors (Lipinski definition) is 3. The Morgan fingerprint density at radius 3 is 2.61 bits per heavy atom. The van der Waals surface area contributed by atoms with Crippen LogP contribution in [-0.2, 0) is 6.54 Å². The molecule has 0 unspecified atom stereocenters. The van der Waals surface area contributed by atoms with Crippen molar-refractivity contribution in [3.8, 4) is 0 Å². The number of anilines is 3. The molecule has 0 amide bonds. The maximum Gasteiger partial charge on any atom is 0.223 e.